The molecule has 0 aliphatic carbocycles. The lowest BCUT2D eigenvalue weighted by atomic mass is 9.98. The van der Waals surface area contributed by atoms with Crippen LogP contribution in [0.4, 0.5) is 0 Å². The summed E-state index contributed by atoms with van der Waals surface area (Å²) in [6.07, 6.45) is 0.208. The van der Waals surface area contributed by atoms with Crippen LogP contribution in [0.15, 0.2) is 28.7 Å². The van der Waals surface area contributed by atoms with E-state index < -0.39 is 0 Å². The Balaban J connectivity index is 3.05. The normalized spacial score (nSPS) is 15.3. The van der Waals surface area contributed by atoms with E-state index in [2.05, 4.69) is 58.7 Å². The van der Waals surface area contributed by atoms with E-state index in [9.17, 15) is 0 Å². The third-order valence-corrected chi connectivity index (χ3v) is 3.96. The summed E-state index contributed by atoms with van der Waals surface area (Å²) in [6.45, 7) is 6.21. The van der Waals surface area contributed by atoms with Gasteiger partial charge in [0, 0.05) is 9.80 Å². The molecular formula is C12H16Br2O. The molecule has 15 heavy (non-hydrogen) atoms. The fourth-order valence-electron chi connectivity index (χ4n) is 1.58. The standard InChI is InChI=1S/C12H16Br2O/c1-9(2)15-12(3,8-13)10-6-4-5-7-11(10)14/h4-7,9H,8H2,1-3H3. The Kier molecular flexibility index (Phi) is 4.81. The molecule has 0 spiro atoms. The molecule has 1 aromatic carbocycles. The second-order valence-electron chi connectivity index (χ2n) is 4.01. The van der Waals surface area contributed by atoms with E-state index in [0.717, 1.165) is 9.80 Å². The molecule has 0 saturated heterocycles. The molecule has 0 saturated carbocycles. The van der Waals surface area contributed by atoms with Gasteiger partial charge in [0.2, 0.25) is 0 Å². The molecular weight excluding hydrogens is 320 g/mol. The number of rotatable bonds is 4. The third-order valence-electron chi connectivity index (χ3n) is 2.19. The highest BCUT2D eigenvalue weighted by Gasteiger charge is 2.29. The number of benzene rings is 1. The number of alkyl halides is 1. The van der Waals surface area contributed by atoms with E-state index >= 15 is 0 Å². The van der Waals surface area contributed by atoms with Gasteiger partial charge < -0.3 is 4.74 Å². The number of hydrogen-bond donors (Lipinski definition) is 0. The highest BCUT2D eigenvalue weighted by atomic mass is 79.9. The van der Waals surface area contributed by atoms with Crippen molar-refractivity contribution in [3.8, 4) is 0 Å². The van der Waals surface area contributed by atoms with Crippen LogP contribution in [0.1, 0.15) is 26.3 Å². The number of ether oxygens (including phenoxy) is 1. The van der Waals surface area contributed by atoms with Crippen LogP contribution < -0.4 is 0 Å². The Bertz CT molecular complexity index is 325. The van der Waals surface area contributed by atoms with Crippen molar-refractivity contribution in [2.24, 2.45) is 0 Å². The maximum absolute atomic E-state index is 5.98. The van der Waals surface area contributed by atoms with Crippen molar-refractivity contribution >= 4 is 31.9 Å². The molecule has 0 bridgehead atoms. The molecule has 1 rings (SSSR count). The lowest BCUT2D eigenvalue weighted by molar-refractivity contribution is -0.0561. The van der Waals surface area contributed by atoms with Crippen LogP contribution in [0.3, 0.4) is 0 Å². The van der Waals surface area contributed by atoms with Crippen molar-refractivity contribution < 1.29 is 4.74 Å². The number of halogens is 2. The van der Waals surface area contributed by atoms with Gasteiger partial charge in [-0.15, -0.1) is 0 Å². The predicted octanol–water partition coefficient (Wildman–Crippen LogP) is 4.48. The van der Waals surface area contributed by atoms with Gasteiger partial charge in [0.05, 0.1) is 6.10 Å². The highest BCUT2D eigenvalue weighted by molar-refractivity contribution is 9.10. The topological polar surface area (TPSA) is 9.23 Å². The lowest BCUT2D eigenvalue weighted by Gasteiger charge is -2.31. The fourth-order valence-corrected chi connectivity index (χ4v) is 2.72. The van der Waals surface area contributed by atoms with Gasteiger partial charge in [-0.3, -0.25) is 0 Å². The minimum Gasteiger partial charge on any atom is -0.367 e. The van der Waals surface area contributed by atoms with Crippen LogP contribution in [0.25, 0.3) is 0 Å². The molecule has 0 aromatic heterocycles. The van der Waals surface area contributed by atoms with Crippen molar-refractivity contribution in [3.63, 3.8) is 0 Å². The Morgan fingerprint density at radius 1 is 1.33 bits per heavy atom. The van der Waals surface area contributed by atoms with Crippen LogP contribution in [-0.4, -0.2) is 11.4 Å². The molecule has 0 N–H and O–H groups in total. The van der Waals surface area contributed by atoms with Crippen LogP contribution in [0.5, 0.6) is 0 Å². The molecule has 0 radical (unpaired) electrons. The molecule has 0 aliphatic heterocycles. The van der Waals surface area contributed by atoms with Crippen molar-refractivity contribution in [1.82, 2.24) is 0 Å². The predicted molar refractivity (Wildman–Crippen MR) is 71.5 cm³/mol. The fraction of sp³-hybridized carbons (Fsp3) is 0.500. The van der Waals surface area contributed by atoms with E-state index in [1.807, 2.05) is 18.2 Å². The van der Waals surface area contributed by atoms with Crippen LogP contribution in [0, 0.1) is 0 Å². The summed E-state index contributed by atoms with van der Waals surface area (Å²) in [6, 6.07) is 8.18. The smallest absolute Gasteiger partial charge is 0.101 e. The first-order chi connectivity index (χ1) is 6.99. The van der Waals surface area contributed by atoms with Crippen LogP contribution in [0.2, 0.25) is 0 Å². The summed E-state index contributed by atoms with van der Waals surface area (Å²) in [5.74, 6) is 0. The van der Waals surface area contributed by atoms with E-state index in [1.54, 1.807) is 0 Å². The first-order valence-electron chi connectivity index (χ1n) is 4.98. The summed E-state index contributed by atoms with van der Waals surface area (Å²) < 4.78 is 7.07. The van der Waals surface area contributed by atoms with Gasteiger partial charge in [0.1, 0.15) is 5.60 Å². The van der Waals surface area contributed by atoms with Crippen LogP contribution >= 0.6 is 31.9 Å². The zero-order valence-electron chi connectivity index (χ0n) is 9.26. The Hall–Kier alpha value is 0.140. The van der Waals surface area contributed by atoms with Gasteiger partial charge >= 0.3 is 0 Å². The van der Waals surface area contributed by atoms with E-state index in [-0.39, 0.29) is 11.7 Å². The maximum atomic E-state index is 5.98. The summed E-state index contributed by atoms with van der Waals surface area (Å²) in [4.78, 5) is 0. The quantitative estimate of drug-likeness (QED) is 0.737. The highest BCUT2D eigenvalue weighted by Crippen LogP contribution is 2.33. The molecule has 1 nitrogen and oxygen atoms in total. The van der Waals surface area contributed by atoms with E-state index in [4.69, 9.17) is 4.74 Å². The second-order valence-corrected chi connectivity index (χ2v) is 5.43. The SMILES string of the molecule is CC(C)OC(C)(CBr)c1ccccc1Br. The minimum absolute atomic E-state index is 0.208. The van der Waals surface area contributed by atoms with Crippen LogP contribution in [-0.2, 0) is 10.3 Å². The van der Waals surface area contributed by atoms with Crippen molar-refractivity contribution in [3.05, 3.63) is 34.3 Å². The first kappa shape index (κ1) is 13.2. The first-order valence-corrected chi connectivity index (χ1v) is 6.90. The molecule has 84 valence electrons. The van der Waals surface area contributed by atoms with Gasteiger partial charge in [-0.2, -0.15) is 0 Å². The van der Waals surface area contributed by atoms with Gasteiger partial charge in [-0.05, 0) is 32.4 Å². The molecule has 0 amide bonds. The van der Waals surface area contributed by atoms with E-state index in [1.165, 1.54) is 5.56 Å². The Labute approximate surface area is 108 Å². The zero-order chi connectivity index (χ0) is 11.5. The summed E-state index contributed by atoms with van der Waals surface area (Å²) in [5, 5.41) is 0.779. The zero-order valence-corrected chi connectivity index (χ0v) is 12.4. The van der Waals surface area contributed by atoms with Gasteiger partial charge in [0.25, 0.3) is 0 Å². The summed E-state index contributed by atoms with van der Waals surface area (Å²) in [5.41, 5.74) is 0.893. The van der Waals surface area contributed by atoms with Gasteiger partial charge in [-0.25, -0.2) is 0 Å². The summed E-state index contributed by atoms with van der Waals surface area (Å²) >= 11 is 7.09. The van der Waals surface area contributed by atoms with E-state index in [0.29, 0.717) is 0 Å². The maximum Gasteiger partial charge on any atom is 0.101 e. The monoisotopic (exact) mass is 334 g/mol. The molecule has 0 heterocycles. The van der Waals surface area contributed by atoms with Crippen molar-refractivity contribution in [2.45, 2.75) is 32.5 Å². The average molecular weight is 336 g/mol. The second kappa shape index (κ2) is 5.46. The third kappa shape index (κ3) is 3.30. The van der Waals surface area contributed by atoms with Gasteiger partial charge in [-0.1, -0.05) is 50.1 Å². The molecule has 0 fully saturated rings. The Morgan fingerprint density at radius 2 is 1.93 bits per heavy atom. The van der Waals surface area contributed by atoms with Crippen molar-refractivity contribution in [1.29, 1.82) is 0 Å². The van der Waals surface area contributed by atoms with Crippen molar-refractivity contribution in [2.75, 3.05) is 5.33 Å². The Morgan fingerprint density at radius 3 is 2.40 bits per heavy atom. The molecule has 1 unspecified atom stereocenters. The largest absolute Gasteiger partial charge is 0.367 e. The summed E-state index contributed by atoms with van der Waals surface area (Å²) in [7, 11) is 0. The lowest BCUT2D eigenvalue weighted by Crippen LogP contribution is -2.31. The van der Waals surface area contributed by atoms with Gasteiger partial charge in [0.15, 0.2) is 0 Å². The molecule has 0 aliphatic rings. The number of hydrogen-bond acceptors (Lipinski definition) is 1. The molecule has 1 aromatic rings. The average Bonchev–Trinajstić information content (AvgIpc) is 2.17. The molecule has 1 atom stereocenters. The molecule has 3 heteroatoms. The minimum atomic E-state index is -0.283.